The van der Waals surface area contributed by atoms with Gasteiger partial charge in [-0.1, -0.05) is 32.4 Å². The fraction of sp³-hybridized carbons (Fsp3) is 0.417. The zero-order chi connectivity index (χ0) is 15.0. The molecule has 0 aliphatic carbocycles. The second-order valence-corrected chi connectivity index (χ2v) is 7.34. The summed E-state index contributed by atoms with van der Waals surface area (Å²) >= 11 is 5.81. The van der Waals surface area contributed by atoms with Crippen LogP contribution in [0.2, 0.25) is 5.02 Å². The summed E-state index contributed by atoms with van der Waals surface area (Å²) < 4.78 is 37.1. The van der Waals surface area contributed by atoms with E-state index in [1.54, 1.807) is 20.8 Å². The van der Waals surface area contributed by atoms with Crippen LogP contribution in [-0.2, 0) is 14.8 Å². The van der Waals surface area contributed by atoms with E-state index in [1.807, 2.05) is 0 Å². The first-order valence-corrected chi connectivity index (χ1v) is 7.58. The third-order valence-corrected chi connectivity index (χ3v) is 3.55. The number of rotatable bonds is 2. The molecule has 0 aliphatic heterocycles. The maximum Gasteiger partial charge on any atom is 0.246 e. The first kappa shape index (κ1) is 15.9. The summed E-state index contributed by atoms with van der Waals surface area (Å²) in [4.78, 5) is 12.2. The lowest BCUT2D eigenvalue weighted by Crippen LogP contribution is -2.43. The largest absolute Gasteiger partial charge is 0.273 e. The number of sulfonamides is 1. The molecule has 0 fully saturated rings. The van der Waals surface area contributed by atoms with E-state index < -0.39 is 27.2 Å². The highest BCUT2D eigenvalue weighted by Gasteiger charge is 2.35. The number of hydrogen-bond donors (Lipinski definition) is 0. The number of carbonyl (C=O) groups is 1. The van der Waals surface area contributed by atoms with E-state index in [1.165, 1.54) is 0 Å². The average molecular weight is 307 g/mol. The number of amides is 1. The van der Waals surface area contributed by atoms with Gasteiger partial charge in [0.05, 0.1) is 17.0 Å². The molecule has 1 aromatic rings. The fourth-order valence-corrected chi connectivity index (χ4v) is 2.70. The van der Waals surface area contributed by atoms with Crippen molar-refractivity contribution in [3.05, 3.63) is 29.0 Å². The summed E-state index contributed by atoms with van der Waals surface area (Å²) in [6.45, 7) is 4.73. The molecule has 0 spiro atoms. The van der Waals surface area contributed by atoms with Crippen molar-refractivity contribution in [2.45, 2.75) is 20.8 Å². The lowest BCUT2D eigenvalue weighted by Gasteiger charge is -2.28. The van der Waals surface area contributed by atoms with Crippen LogP contribution < -0.4 is 4.31 Å². The van der Waals surface area contributed by atoms with Crippen LogP contribution in [0.3, 0.4) is 0 Å². The van der Waals surface area contributed by atoms with Crippen molar-refractivity contribution in [1.82, 2.24) is 0 Å². The predicted molar refractivity (Wildman–Crippen MR) is 72.0 cm³/mol. The monoisotopic (exact) mass is 306 g/mol. The summed E-state index contributed by atoms with van der Waals surface area (Å²) in [5, 5.41) is -0.167. The van der Waals surface area contributed by atoms with Gasteiger partial charge in [0, 0.05) is 11.5 Å². The van der Waals surface area contributed by atoms with Gasteiger partial charge in [-0.15, -0.1) is 0 Å². The molecule has 0 bridgehead atoms. The molecule has 7 heteroatoms. The molecule has 19 heavy (non-hydrogen) atoms. The predicted octanol–water partition coefficient (Wildman–Crippen LogP) is 2.62. The van der Waals surface area contributed by atoms with Gasteiger partial charge >= 0.3 is 0 Å². The zero-order valence-electron chi connectivity index (χ0n) is 11.0. The smallest absolute Gasteiger partial charge is 0.246 e. The molecule has 0 saturated heterocycles. The Morgan fingerprint density at radius 2 is 1.95 bits per heavy atom. The fourth-order valence-electron chi connectivity index (χ4n) is 1.33. The Bertz CT molecular complexity index is 608. The second kappa shape index (κ2) is 5.09. The van der Waals surface area contributed by atoms with Crippen LogP contribution in [0.5, 0.6) is 0 Å². The van der Waals surface area contributed by atoms with Gasteiger partial charge in [-0.05, 0) is 12.1 Å². The van der Waals surface area contributed by atoms with Crippen molar-refractivity contribution >= 4 is 33.2 Å². The molecule has 0 unspecified atom stereocenters. The maximum absolute atomic E-state index is 12.9. The van der Waals surface area contributed by atoms with Crippen molar-refractivity contribution in [3.8, 4) is 0 Å². The molecule has 105 valence electrons. The van der Waals surface area contributed by atoms with Gasteiger partial charge in [-0.2, -0.15) is 0 Å². The molecule has 4 nitrogen and oxygen atoms in total. The lowest BCUT2D eigenvalue weighted by molar-refractivity contribution is -0.124. The molecule has 1 rings (SSSR count). The molecular weight excluding hydrogens is 293 g/mol. The normalized spacial score (nSPS) is 12.3. The van der Waals surface area contributed by atoms with Crippen LogP contribution >= 0.6 is 11.6 Å². The molecule has 0 N–H and O–H groups in total. The summed E-state index contributed by atoms with van der Waals surface area (Å²) in [5.41, 5.74) is -1.04. The molecule has 0 saturated carbocycles. The van der Waals surface area contributed by atoms with Crippen LogP contribution in [0.25, 0.3) is 0 Å². The zero-order valence-corrected chi connectivity index (χ0v) is 12.6. The number of halogens is 2. The lowest BCUT2D eigenvalue weighted by atomic mass is 9.95. The van der Waals surface area contributed by atoms with E-state index in [0.717, 1.165) is 18.4 Å². The number of nitrogens with zero attached hydrogens (tertiary/aromatic N) is 1. The Morgan fingerprint density at radius 1 is 1.42 bits per heavy atom. The van der Waals surface area contributed by atoms with Gasteiger partial charge in [0.15, 0.2) is 0 Å². The molecule has 0 atom stereocenters. The van der Waals surface area contributed by atoms with Crippen LogP contribution in [0.1, 0.15) is 20.8 Å². The molecule has 1 radical (unpaired) electrons. The minimum atomic E-state index is -3.88. The van der Waals surface area contributed by atoms with E-state index >= 15 is 0 Å². The van der Waals surface area contributed by atoms with Gasteiger partial charge in [-0.3, -0.25) is 4.79 Å². The highest BCUT2D eigenvalue weighted by Crippen LogP contribution is 2.31. The standard InChI is InChI=1S/C12H14ClFNO3S/c1-12(2,3)11(16)15(19(4,17)18)10-6-5-8(14)7-9(10)13/h6-7H,1-4H3. The summed E-state index contributed by atoms with van der Waals surface area (Å²) in [5.74, 6) is -1.39. The molecule has 1 aromatic carbocycles. The Kier molecular flexibility index (Phi) is 4.27. The highest BCUT2D eigenvalue weighted by atomic mass is 35.5. The van der Waals surface area contributed by atoms with Crippen molar-refractivity contribution < 1.29 is 17.6 Å². The molecule has 0 aliphatic rings. The van der Waals surface area contributed by atoms with Crippen molar-refractivity contribution in [2.75, 3.05) is 10.6 Å². The minimum absolute atomic E-state index is 0.106. The first-order chi connectivity index (χ1) is 8.44. The van der Waals surface area contributed by atoms with Gasteiger partial charge in [0.25, 0.3) is 0 Å². The average Bonchev–Trinajstić information content (AvgIpc) is 2.18. The van der Waals surface area contributed by atoms with Gasteiger partial charge in [0.1, 0.15) is 5.82 Å². The number of hydrogen-bond acceptors (Lipinski definition) is 3. The van der Waals surface area contributed by atoms with Crippen LogP contribution in [0, 0.1) is 17.3 Å². The third-order valence-electron chi connectivity index (χ3n) is 2.22. The number of anilines is 1. The number of carbonyl (C=O) groups excluding carboxylic acids is 1. The third kappa shape index (κ3) is 3.67. The second-order valence-electron chi connectivity index (χ2n) is 5.10. The topological polar surface area (TPSA) is 54.5 Å². The highest BCUT2D eigenvalue weighted by molar-refractivity contribution is 7.92. The Labute approximate surface area is 117 Å². The number of benzene rings is 1. The summed E-state index contributed by atoms with van der Waals surface area (Å²) in [6, 6.07) is 4.14. The van der Waals surface area contributed by atoms with Crippen LogP contribution in [-0.4, -0.2) is 20.6 Å². The van der Waals surface area contributed by atoms with E-state index in [2.05, 4.69) is 6.07 Å². The Morgan fingerprint density at radius 3 is 2.32 bits per heavy atom. The SMILES string of the molecule is CC(C)(C)C(=O)N(c1c[c]c(F)cc1Cl)S(C)(=O)=O. The quantitative estimate of drug-likeness (QED) is 0.844. The van der Waals surface area contributed by atoms with Crippen molar-refractivity contribution in [3.63, 3.8) is 0 Å². The van der Waals surface area contributed by atoms with E-state index in [0.29, 0.717) is 4.31 Å². The Balaban J connectivity index is 3.47. The molecule has 1 amide bonds. The van der Waals surface area contributed by atoms with Crippen LogP contribution in [0.15, 0.2) is 12.1 Å². The summed E-state index contributed by atoms with van der Waals surface area (Å²) in [6.07, 6.45) is 0.885. The molecular formula is C12H14ClFNO3S. The van der Waals surface area contributed by atoms with Crippen molar-refractivity contribution in [2.24, 2.45) is 5.41 Å². The minimum Gasteiger partial charge on any atom is -0.273 e. The van der Waals surface area contributed by atoms with E-state index in [9.17, 15) is 17.6 Å². The van der Waals surface area contributed by atoms with Gasteiger partial charge in [0.2, 0.25) is 15.9 Å². The van der Waals surface area contributed by atoms with Crippen LogP contribution in [0.4, 0.5) is 10.1 Å². The Hall–Kier alpha value is -1.14. The van der Waals surface area contributed by atoms with E-state index in [-0.39, 0.29) is 10.7 Å². The van der Waals surface area contributed by atoms with Gasteiger partial charge in [-0.25, -0.2) is 17.1 Å². The molecule has 0 aromatic heterocycles. The van der Waals surface area contributed by atoms with E-state index in [4.69, 9.17) is 11.6 Å². The molecule has 0 heterocycles. The summed E-state index contributed by atoms with van der Waals surface area (Å²) in [7, 11) is -3.88. The van der Waals surface area contributed by atoms with Gasteiger partial charge < -0.3 is 0 Å². The maximum atomic E-state index is 12.9. The van der Waals surface area contributed by atoms with Crippen molar-refractivity contribution in [1.29, 1.82) is 0 Å². The first-order valence-electron chi connectivity index (χ1n) is 5.36.